The summed E-state index contributed by atoms with van der Waals surface area (Å²) >= 11 is 1.42. The Kier molecular flexibility index (Phi) is 4.19. The molecule has 0 radical (unpaired) electrons. The molecule has 0 spiro atoms. The highest BCUT2D eigenvalue weighted by atomic mass is 32.1. The molecule has 1 aromatic heterocycles. The predicted molar refractivity (Wildman–Crippen MR) is 72.4 cm³/mol. The molecule has 1 aliphatic rings. The zero-order valence-corrected chi connectivity index (χ0v) is 11.8. The molecule has 1 aliphatic carbocycles. The Balaban J connectivity index is 2.11. The second kappa shape index (κ2) is 5.69. The van der Waals surface area contributed by atoms with Crippen LogP contribution in [0.2, 0.25) is 0 Å². The largest absolute Gasteiger partial charge is 0.481 e. The lowest BCUT2D eigenvalue weighted by atomic mass is 9.79. The molecule has 6 heteroatoms. The molecule has 104 valence electrons. The van der Waals surface area contributed by atoms with Gasteiger partial charge in [0.1, 0.15) is 5.69 Å². The summed E-state index contributed by atoms with van der Waals surface area (Å²) in [6, 6.07) is 0. The molecule has 5 nitrogen and oxygen atoms in total. The summed E-state index contributed by atoms with van der Waals surface area (Å²) in [4.78, 5) is 27.3. The van der Waals surface area contributed by atoms with Crippen molar-refractivity contribution < 1.29 is 14.7 Å². The van der Waals surface area contributed by atoms with Gasteiger partial charge >= 0.3 is 5.97 Å². The van der Waals surface area contributed by atoms with E-state index in [1.165, 1.54) is 11.3 Å². The Hall–Kier alpha value is -1.43. The van der Waals surface area contributed by atoms with Crippen LogP contribution in [0.25, 0.3) is 0 Å². The monoisotopic (exact) mass is 282 g/mol. The van der Waals surface area contributed by atoms with E-state index in [4.69, 9.17) is 5.11 Å². The molecular formula is C13H18N2O3S. The normalized spacial score (nSPS) is 17.9. The molecule has 0 atom stereocenters. The maximum Gasteiger partial charge on any atom is 0.305 e. The van der Waals surface area contributed by atoms with E-state index in [2.05, 4.69) is 10.3 Å². The number of aryl methyl sites for hydroxylation is 1. The number of aliphatic carboxylic acids is 1. The lowest BCUT2D eigenvalue weighted by Crippen LogP contribution is -2.51. The van der Waals surface area contributed by atoms with E-state index in [0.717, 1.165) is 37.1 Å². The van der Waals surface area contributed by atoms with Crippen LogP contribution in [0, 0.1) is 6.92 Å². The highest BCUT2D eigenvalue weighted by molar-refractivity contribution is 7.09. The summed E-state index contributed by atoms with van der Waals surface area (Å²) in [5.74, 6) is -1.12. The molecule has 1 fully saturated rings. The van der Waals surface area contributed by atoms with Crippen LogP contribution in [0.1, 0.15) is 54.0 Å². The number of nitrogens with zero attached hydrogens (tertiary/aromatic N) is 1. The fourth-order valence-electron chi connectivity index (χ4n) is 2.64. The van der Waals surface area contributed by atoms with Gasteiger partial charge in [0.2, 0.25) is 0 Å². The second-order valence-corrected chi connectivity index (χ2v) is 6.18. The van der Waals surface area contributed by atoms with Crippen molar-refractivity contribution in [2.75, 3.05) is 0 Å². The SMILES string of the molecule is Cc1nc(C(=O)NC2(CC(=O)O)CCCCC2)cs1. The standard InChI is InChI=1S/C13H18N2O3S/c1-9-14-10(8-19-9)12(18)15-13(7-11(16)17)5-3-2-4-6-13/h8H,2-7H2,1H3,(H,15,18)(H,16,17). The molecule has 0 unspecified atom stereocenters. The summed E-state index contributed by atoms with van der Waals surface area (Å²) in [5, 5.41) is 14.5. The van der Waals surface area contributed by atoms with Crippen LogP contribution in [0.4, 0.5) is 0 Å². The van der Waals surface area contributed by atoms with Gasteiger partial charge in [0, 0.05) is 5.38 Å². The quantitative estimate of drug-likeness (QED) is 0.888. The number of hydrogen-bond donors (Lipinski definition) is 2. The van der Waals surface area contributed by atoms with Crippen molar-refractivity contribution in [3.05, 3.63) is 16.1 Å². The number of rotatable bonds is 4. The van der Waals surface area contributed by atoms with E-state index in [1.54, 1.807) is 5.38 Å². The van der Waals surface area contributed by atoms with Crippen molar-refractivity contribution in [2.24, 2.45) is 0 Å². The summed E-state index contributed by atoms with van der Waals surface area (Å²) in [6.45, 7) is 1.84. The number of carbonyl (C=O) groups is 2. The van der Waals surface area contributed by atoms with E-state index in [0.29, 0.717) is 5.69 Å². The van der Waals surface area contributed by atoms with Crippen molar-refractivity contribution in [3.8, 4) is 0 Å². The van der Waals surface area contributed by atoms with Gasteiger partial charge in [-0.25, -0.2) is 4.98 Å². The van der Waals surface area contributed by atoms with Crippen LogP contribution >= 0.6 is 11.3 Å². The van der Waals surface area contributed by atoms with Crippen LogP contribution in [0.5, 0.6) is 0 Å². The Bertz CT molecular complexity index is 478. The van der Waals surface area contributed by atoms with Crippen LogP contribution in [-0.2, 0) is 4.79 Å². The van der Waals surface area contributed by atoms with E-state index < -0.39 is 11.5 Å². The number of nitrogens with one attached hydrogen (secondary N) is 1. The molecule has 1 saturated carbocycles. The minimum atomic E-state index is -0.864. The van der Waals surface area contributed by atoms with Gasteiger partial charge in [0.25, 0.3) is 5.91 Å². The van der Waals surface area contributed by atoms with Crippen molar-refractivity contribution in [2.45, 2.75) is 51.0 Å². The molecule has 0 aliphatic heterocycles. The first-order chi connectivity index (χ1) is 9.01. The van der Waals surface area contributed by atoms with E-state index in [1.807, 2.05) is 6.92 Å². The Morgan fingerprint density at radius 1 is 1.42 bits per heavy atom. The molecule has 0 bridgehead atoms. The first kappa shape index (κ1) is 14.0. The summed E-state index contributed by atoms with van der Waals surface area (Å²) in [7, 11) is 0. The molecular weight excluding hydrogens is 264 g/mol. The number of amides is 1. The smallest absolute Gasteiger partial charge is 0.305 e. The van der Waals surface area contributed by atoms with Gasteiger partial charge in [-0.1, -0.05) is 19.3 Å². The third-order valence-electron chi connectivity index (χ3n) is 3.53. The number of hydrogen-bond acceptors (Lipinski definition) is 4. The van der Waals surface area contributed by atoms with Gasteiger partial charge < -0.3 is 10.4 Å². The lowest BCUT2D eigenvalue weighted by molar-refractivity contribution is -0.139. The van der Waals surface area contributed by atoms with Crippen molar-refractivity contribution in [3.63, 3.8) is 0 Å². The molecule has 19 heavy (non-hydrogen) atoms. The van der Waals surface area contributed by atoms with Gasteiger partial charge in [-0.05, 0) is 19.8 Å². The van der Waals surface area contributed by atoms with E-state index in [-0.39, 0.29) is 12.3 Å². The van der Waals surface area contributed by atoms with E-state index >= 15 is 0 Å². The van der Waals surface area contributed by atoms with Gasteiger partial charge in [0.15, 0.2) is 0 Å². The summed E-state index contributed by atoms with van der Waals surface area (Å²) < 4.78 is 0. The van der Waals surface area contributed by atoms with Crippen molar-refractivity contribution >= 4 is 23.2 Å². The molecule has 1 amide bonds. The molecule has 2 rings (SSSR count). The van der Waals surface area contributed by atoms with Crippen LogP contribution in [0.3, 0.4) is 0 Å². The zero-order chi connectivity index (χ0) is 13.9. The molecule has 0 aromatic carbocycles. The highest BCUT2D eigenvalue weighted by Gasteiger charge is 2.36. The average molecular weight is 282 g/mol. The number of thiazole rings is 1. The van der Waals surface area contributed by atoms with Crippen molar-refractivity contribution in [1.29, 1.82) is 0 Å². The molecule has 0 saturated heterocycles. The zero-order valence-electron chi connectivity index (χ0n) is 10.9. The fraction of sp³-hybridized carbons (Fsp3) is 0.615. The van der Waals surface area contributed by atoms with Crippen LogP contribution in [0.15, 0.2) is 5.38 Å². The fourth-order valence-corrected chi connectivity index (χ4v) is 3.23. The topological polar surface area (TPSA) is 79.3 Å². The van der Waals surface area contributed by atoms with Crippen LogP contribution < -0.4 is 5.32 Å². The predicted octanol–water partition coefficient (Wildman–Crippen LogP) is 2.36. The number of aromatic nitrogens is 1. The second-order valence-electron chi connectivity index (χ2n) is 5.12. The Morgan fingerprint density at radius 3 is 2.63 bits per heavy atom. The van der Waals surface area contributed by atoms with Crippen LogP contribution in [-0.4, -0.2) is 27.5 Å². The first-order valence-electron chi connectivity index (χ1n) is 6.47. The Labute approximate surface area is 116 Å². The summed E-state index contributed by atoms with van der Waals surface area (Å²) in [5.41, 5.74) is -0.212. The maximum atomic E-state index is 12.2. The van der Waals surface area contributed by atoms with Gasteiger partial charge in [-0.2, -0.15) is 0 Å². The maximum absolute atomic E-state index is 12.2. The minimum Gasteiger partial charge on any atom is -0.481 e. The third kappa shape index (κ3) is 3.53. The van der Waals surface area contributed by atoms with Crippen molar-refractivity contribution in [1.82, 2.24) is 10.3 Å². The van der Waals surface area contributed by atoms with E-state index in [9.17, 15) is 9.59 Å². The van der Waals surface area contributed by atoms with Gasteiger partial charge in [-0.3, -0.25) is 9.59 Å². The number of carboxylic acids is 1. The molecule has 1 aromatic rings. The highest BCUT2D eigenvalue weighted by Crippen LogP contribution is 2.31. The number of carboxylic acid groups (broad SMARTS) is 1. The van der Waals surface area contributed by atoms with Gasteiger partial charge in [0.05, 0.1) is 17.0 Å². The lowest BCUT2D eigenvalue weighted by Gasteiger charge is -2.36. The molecule has 1 heterocycles. The Morgan fingerprint density at radius 2 is 2.11 bits per heavy atom. The van der Waals surface area contributed by atoms with Gasteiger partial charge in [-0.15, -0.1) is 11.3 Å². The minimum absolute atomic E-state index is 0.0120. The molecule has 2 N–H and O–H groups in total. The first-order valence-corrected chi connectivity index (χ1v) is 7.35. The summed E-state index contributed by atoms with van der Waals surface area (Å²) in [6.07, 6.45) is 4.48. The number of carbonyl (C=O) groups excluding carboxylic acids is 1. The third-order valence-corrected chi connectivity index (χ3v) is 4.30. The average Bonchev–Trinajstić information content (AvgIpc) is 2.76.